The zero-order valence-electron chi connectivity index (χ0n) is 15.4. The molecule has 1 aromatic carbocycles. The number of hydrogen-bond donors (Lipinski definition) is 0. The van der Waals surface area contributed by atoms with Crippen molar-refractivity contribution >= 4 is 7.52 Å². The Morgan fingerprint density at radius 1 is 1.09 bits per heavy atom. The van der Waals surface area contributed by atoms with E-state index in [1.54, 1.807) is 0 Å². The Hall–Kier alpha value is -0.630. The summed E-state index contributed by atoms with van der Waals surface area (Å²) in [4.78, 5) is 0. The molecule has 0 aliphatic carbocycles. The standard InChI is InChI=1S/C18H32NO2P/c1-15(16-12-10-9-11-13-16)19(8)22(20,18(5,6)7)21-14-17(2,3)4/h9-13,15H,14H2,1-8H3/t15-,22?/m0/s1. The highest BCUT2D eigenvalue weighted by atomic mass is 31.2. The Morgan fingerprint density at radius 3 is 2.00 bits per heavy atom. The second-order valence-electron chi connectivity index (χ2n) is 8.19. The Balaban J connectivity index is 3.09. The molecule has 0 radical (unpaired) electrons. The average Bonchev–Trinajstić information content (AvgIpc) is 2.42. The van der Waals surface area contributed by atoms with Gasteiger partial charge in [-0.1, -0.05) is 51.1 Å². The van der Waals surface area contributed by atoms with E-state index in [-0.39, 0.29) is 11.5 Å². The van der Waals surface area contributed by atoms with Crippen LogP contribution in [0.5, 0.6) is 0 Å². The normalized spacial score (nSPS) is 17.3. The fourth-order valence-corrected chi connectivity index (χ4v) is 4.88. The van der Waals surface area contributed by atoms with Crippen LogP contribution in [-0.4, -0.2) is 23.5 Å². The van der Waals surface area contributed by atoms with E-state index in [0.29, 0.717) is 6.61 Å². The summed E-state index contributed by atoms with van der Waals surface area (Å²) in [6.45, 7) is 14.8. The van der Waals surface area contributed by atoms with Crippen LogP contribution in [0.25, 0.3) is 0 Å². The molecule has 1 unspecified atom stereocenters. The number of benzene rings is 1. The van der Waals surface area contributed by atoms with E-state index in [1.165, 1.54) is 0 Å². The molecule has 0 spiro atoms. The third kappa shape index (κ3) is 4.68. The topological polar surface area (TPSA) is 29.5 Å². The highest BCUT2D eigenvalue weighted by Gasteiger charge is 2.44. The summed E-state index contributed by atoms with van der Waals surface area (Å²) in [5, 5.41) is -0.434. The van der Waals surface area contributed by atoms with Crippen molar-refractivity contribution in [3.05, 3.63) is 35.9 Å². The predicted octanol–water partition coefficient (Wildman–Crippen LogP) is 5.73. The first kappa shape index (κ1) is 19.4. The molecule has 4 heteroatoms. The average molecular weight is 325 g/mol. The monoisotopic (exact) mass is 325 g/mol. The molecule has 1 rings (SSSR count). The summed E-state index contributed by atoms with van der Waals surface area (Å²) in [6, 6.07) is 10.2. The van der Waals surface area contributed by atoms with Gasteiger partial charge in [-0.05, 0) is 45.7 Å². The maximum absolute atomic E-state index is 13.7. The first-order chi connectivity index (χ1) is 9.88. The Morgan fingerprint density at radius 2 is 1.59 bits per heavy atom. The van der Waals surface area contributed by atoms with Gasteiger partial charge in [0.1, 0.15) is 0 Å². The third-order valence-corrected chi connectivity index (χ3v) is 7.13. The largest absolute Gasteiger partial charge is 0.316 e. The van der Waals surface area contributed by atoms with Crippen molar-refractivity contribution < 1.29 is 9.09 Å². The SMILES string of the molecule is C[C@@H](c1ccccc1)N(C)P(=O)(OCC(C)(C)C)C(C)(C)C. The summed E-state index contributed by atoms with van der Waals surface area (Å²) in [5.74, 6) is 0. The van der Waals surface area contributed by atoms with Gasteiger partial charge in [0.25, 0.3) is 7.52 Å². The van der Waals surface area contributed by atoms with Crippen LogP contribution in [0.3, 0.4) is 0 Å². The predicted molar refractivity (Wildman–Crippen MR) is 95.4 cm³/mol. The van der Waals surface area contributed by atoms with E-state index >= 15 is 0 Å². The van der Waals surface area contributed by atoms with Crippen LogP contribution >= 0.6 is 7.52 Å². The highest BCUT2D eigenvalue weighted by molar-refractivity contribution is 7.58. The first-order valence-electron chi connectivity index (χ1n) is 7.91. The summed E-state index contributed by atoms with van der Waals surface area (Å²) in [5.41, 5.74) is 1.13. The van der Waals surface area contributed by atoms with E-state index in [0.717, 1.165) is 5.56 Å². The molecule has 0 N–H and O–H groups in total. The van der Waals surface area contributed by atoms with Crippen LogP contribution < -0.4 is 0 Å². The van der Waals surface area contributed by atoms with Crippen molar-refractivity contribution in [2.24, 2.45) is 5.41 Å². The molecule has 0 heterocycles. The lowest BCUT2D eigenvalue weighted by atomic mass is 9.99. The Kier molecular flexibility index (Phi) is 6.06. The molecule has 0 amide bonds. The van der Waals surface area contributed by atoms with Crippen LogP contribution in [0, 0.1) is 5.41 Å². The van der Waals surface area contributed by atoms with Gasteiger partial charge in [0.2, 0.25) is 0 Å². The van der Waals surface area contributed by atoms with Gasteiger partial charge in [0.05, 0.1) is 11.8 Å². The number of rotatable bonds is 5. The first-order valence-corrected chi connectivity index (χ1v) is 9.49. The van der Waals surface area contributed by atoms with Gasteiger partial charge < -0.3 is 4.52 Å². The quantitative estimate of drug-likeness (QED) is 0.647. The van der Waals surface area contributed by atoms with E-state index in [4.69, 9.17) is 4.52 Å². The van der Waals surface area contributed by atoms with Gasteiger partial charge in [-0.25, -0.2) is 4.67 Å². The summed E-state index contributed by atoms with van der Waals surface area (Å²) >= 11 is 0. The maximum Gasteiger partial charge on any atom is 0.277 e. The Bertz CT molecular complexity index is 514. The lowest BCUT2D eigenvalue weighted by Gasteiger charge is -2.41. The zero-order chi connectivity index (χ0) is 17.2. The second-order valence-corrected chi connectivity index (χ2v) is 11.5. The minimum Gasteiger partial charge on any atom is -0.316 e. The van der Waals surface area contributed by atoms with Crippen molar-refractivity contribution in [1.29, 1.82) is 0 Å². The summed E-state index contributed by atoms with van der Waals surface area (Å²) < 4.78 is 21.7. The molecule has 0 fully saturated rings. The minimum atomic E-state index is -2.98. The molecule has 22 heavy (non-hydrogen) atoms. The van der Waals surface area contributed by atoms with Crippen molar-refractivity contribution in [2.75, 3.05) is 13.7 Å². The van der Waals surface area contributed by atoms with E-state index in [1.807, 2.05) is 50.7 Å². The minimum absolute atomic E-state index is 0.0161. The van der Waals surface area contributed by atoms with Crippen LogP contribution in [0.15, 0.2) is 30.3 Å². The molecular formula is C18H32NO2P. The smallest absolute Gasteiger partial charge is 0.277 e. The van der Waals surface area contributed by atoms with E-state index in [2.05, 4.69) is 39.8 Å². The van der Waals surface area contributed by atoms with Gasteiger partial charge in [-0.15, -0.1) is 0 Å². The van der Waals surface area contributed by atoms with Crippen LogP contribution in [-0.2, 0) is 9.09 Å². The van der Waals surface area contributed by atoms with Gasteiger partial charge in [0, 0.05) is 6.04 Å². The van der Waals surface area contributed by atoms with Gasteiger partial charge in [0.15, 0.2) is 0 Å². The van der Waals surface area contributed by atoms with Gasteiger partial charge in [-0.3, -0.25) is 4.57 Å². The van der Waals surface area contributed by atoms with Gasteiger partial charge >= 0.3 is 0 Å². The molecule has 2 atom stereocenters. The molecule has 0 aliphatic rings. The summed E-state index contributed by atoms with van der Waals surface area (Å²) in [6.07, 6.45) is 0. The highest BCUT2D eigenvalue weighted by Crippen LogP contribution is 2.63. The van der Waals surface area contributed by atoms with Crippen LogP contribution in [0.2, 0.25) is 0 Å². The number of hydrogen-bond acceptors (Lipinski definition) is 2. The lowest BCUT2D eigenvalue weighted by Crippen LogP contribution is -2.32. The summed E-state index contributed by atoms with van der Waals surface area (Å²) in [7, 11) is -1.07. The molecule has 126 valence electrons. The van der Waals surface area contributed by atoms with E-state index < -0.39 is 12.7 Å². The molecular weight excluding hydrogens is 293 g/mol. The van der Waals surface area contributed by atoms with Crippen LogP contribution in [0.4, 0.5) is 0 Å². The number of nitrogens with zero attached hydrogens (tertiary/aromatic N) is 1. The van der Waals surface area contributed by atoms with Crippen molar-refractivity contribution in [1.82, 2.24) is 4.67 Å². The van der Waals surface area contributed by atoms with Gasteiger partial charge in [-0.2, -0.15) is 0 Å². The maximum atomic E-state index is 13.7. The van der Waals surface area contributed by atoms with E-state index in [9.17, 15) is 4.57 Å². The zero-order valence-corrected chi connectivity index (χ0v) is 16.3. The molecule has 0 aromatic heterocycles. The second kappa shape index (κ2) is 6.86. The fraction of sp³-hybridized carbons (Fsp3) is 0.667. The van der Waals surface area contributed by atoms with Crippen molar-refractivity contribution in [2.45, 2.75) is 59.7 Å². The molecule has 0 saturated carbocycles. The third-order valence-electron chi connectivity index (χ3n) is 3.78. The fourth-order valence-electron chi connectivity index (χ4n) is 2.21. The molecule has 0 aliphatic heterocycles. The lowest BCUT2D eigenvalue weighted by molar-refractivity contribution is 0.167. The molecule has 3 nitrogen and oxygen atoms in total. The van der Waals surface area contributed by atoms with Crippen molar-refractivity contribution in [3.63, 3.8) is 0 Å². The molecule has 0 bridgehead atoms. The molecule has 1 aromatic rings. The Labute approximate surface area is 136 Å². The van der Waals surface area contributed by atoms with Crippen molar-refractivity contribution in [3.8, 4) is 0 Å². The van der Waals surface area contributed by atoms with Crippen LogP contribution in [0.1, 0.15) is 60.1 Å². The molecule has 0 saturated heterocycles.